The highest BCUT2D eigenvalue weighted by molar-refractivity contribution is 6.46. The highest BCUT2D eigenvalue weighted by Crippen LogP contribution is 2.10. The Hall–Kier alpha value is -2.36. The van der Waals surface area contributed by atoms with Gasteiger partial charge in [-0.05, 0) is 36.8 Å². The third-order valence-corrected chi connectivity index (χ3v) is 2.66. The summed E-state index contributed by atoms with van der Waals surface area (Å²) in [7, 11) is 1.73. The molecule has 0 aliphatic heterocycles. The van der Waals surface area contributed by atoms with Gasteiger partial charge >= 0.3 is 0 Å². The number of amides is 1. The second-order valence-electron chi connectivity index (χ2n) is 4.16. The van der Waals surface area contributed by atoms with Gasteiger partial charge in [-0.2, -0.15) is 0 Å². The maximum atomic E-state index is 11.9. The average Bonchev–Trinajstić information content (AvgIpc) is 2.74. The van der Waals surface area contributed by atoms with Gasteiger partial charge in [0.25, 0.3) is 11.7 Å². The van der Waals surface area contributed by atoms with E-state index in [1.807, 2.05) is 25.1 Å². The van der Waals surface area contributed by atoms with Crippen molar-refractivity contribution in [1.82, 2.24) is 4.57 Å². The Kier molecular flexibility index (Phi) is 3.28. The third kappa shape index (κ3) is 2.48. The molecule has 1 amide bonds. The molecule has 18 heavy (non-hydrogen) atoms. The summed E-state index contributed by atoms with van der Waals surface area (Å²) in [6.45, 7) is 1.93. The molecular weight excluding hydrogens is 228 g/mol. The van der Waals surface area contributed by atoms with Gasteiger partial charge in [-0.25, -0.2) is 0 Å². The lowest BCUT2D eigenvalue weighted by Crippen LogP contribution is -2.24. The Balaban J connectivity index is 2.14. The van der Waals surface area contributed by atoms with Crippen LogP contribution in [0.4, 0.5) is 5.69 Å². The molecule has 0 atom stereocenters. The predicted molar refractivity (Wildman–Crippen MR) is 69.6 cm³/mol. The van der Waals surface area contributed by atoms with Crippen molar-refractivity contribution in [3.8, 4) is 0 Å². The van der Waals surface area contributed by atoms with E-state index < -0.39 is 11.7 Å². The van der Waals surface area contributed by atoms with Gasteiger partial charge in [-0.1, -0.05) is 12.1 Å². The minimum Gasteiger partial charge on any atom is -0.348 e. The Bertz CT molecular complexity index is 599. The van der Waals surface area contributed by atoms with Gasteiger partial charge in [-0.3, -0.25) is 9.59 Å². The van der Waals surface area contributed by atoms with E-state index in [0.29, 0.717) is 11.4 Å². The molecule has 92 valence electrons. The zero-order chi connectivity index (χ0) is 13.1. The first-order valence-corrected chi connectivity index (χ1v) is 5.61. The largest absolute Gasteiger partial charge is 0.348 e. The van der Waals surface area contributed by atoms with Crippen molar-refractivity contribution in [2.45, 2.75) is 6.92 Å². The SMILES string of the molecule is Cc1cccc(NC(=O)C(=O)c2cccn2C)c1. The maximum absolute atomic E-state index is 11.9. The van der Waals surface area contributed by atoms with Crippen LogP contribution in [0, 0.1) is 6.92 Å². The van der Waals surface area contributed by atoms with E-state index in [4.69, 9.17) is 0 Å². The molecule has 1 heterocycles. The summed E-state index contributed by atoms with van der Waals surface area (Å²) in [5.41, 5.74) is 2.03. The number of Topliss-reactive ketones (excluding diaryl/α,β-unsaturated/α-hetero) is 1. The van der Waals surface area contributed by atoms with Crippen molar-refractivity contribution < 1.29 is 9.59 Å². The molecule has 0 radical (unpaired) electrons. The van der Waals surface area contributed by atoms with Crippen LogP contribution in [0.25, 0.3) is 0 Å². The number of carbonyl (C=O) groups excluding carboxylic acids is 2. The third-order valence-electron chi connectivity index (χ3n) is 2.66. The number of aryl methyl sites for hydroxylation is 2. The van der Waals surface area contributed by atoms with E-state index in [0.717, 1.165) is 5.56 Å². The number of carbonyl (C=O) groups is 2. The summed E-state index contributed by atoms with van der Waals surface area (Å²) in [5.74, 6) is -1.16. The van der Waals surface area contributed by atoms with Crippen molar-refractivity contribution >= 4 is 17.4 Å². The van der Waals surface area contributed by atoms with Crippen molar-refractivity contribution in [3.63, 3.8) is 0 Å². The quantitative estimate of drug-likeness (QED) is 0.662. The van der Waals surface area contributed by atoms with Crippen LogP contribution in [0.2, 0.25) is 0 Å². The second kappa shape index (κ2) is 4.87. The van der Waals surface area contributed by atoms with Crippen molar-refractivity contribution in [2.75, 3.05) is 5.32 Å². The van der Waals surface area contributed by atoms with Crippen LogP contribution in [0.1, 0.15) is 16.1 Å². The van der Waals surface area contributed by atoms with Crippen LogP contribution in [-0.4, -0.2) is 16.3 Å². The molecule has 0 aliphatic carbocycles. The fourth-order valence-electron chi connectivity index (χ4n) is 1.72. The van der Waals surface area contributed by atoms with Gasteiger partial charge in [0.05, 0.1) is 5.69 Å². The Morgan fingerprint density at radius 2 is 1.94 bits per heavy atom. The van der Waals surface area contributed by atoms with Gasteiger partial charge in [0.2, 0.25) is 0 Å². The molecule has 1 aromatic heterocycles. The smallest absolute Gasteiger partial charge is 0.298 e. The first kappa shape index (κ1) is 12.1. The summed E-state index contributed by atoms with van der Waals surface area (Å²) in [4.78, 5) is 23.7. The number of anilines is 1. The van der Waals surface area contributed by atoms with E-state index in [1.54, 1.807) is 36.0 Å². The molecular formula is C14H14N2O2. The topological polar surface area (TPSA) is 51.1 Å². The van der Waals surface area contributed by atoms with Gasteiger partial charge in [0.1, 0.15) is 0 Å². The van der Waals surface area contributed by atoms with Crippen molar-refractivity contribution in [1.29, 1.82) is 0 Å². The van der Waals surface area contributed by atoms with Crippen molar-refractivity contribution in [2.24, 2.45) is 7.05 Å². The first-order valence-electron chi connectivity index (χ1n) is 5.61. The summed E-state index contributed by atoms with van der Waals surface area (Å²) in [6, 6.07) is 10.7. The standard InChI is InChI=1S/C14H14N2O2/c1-10-5-3-6-11(9-10)15-14(18)13(17)12-7-4-8-16(12)2/h3-9H,1-2H3,(H,15,18). The number of nitrogens with one attached hydrogen (secondary N) is 1. The molecule has 1 N–H and O–H groups in total. The molecule has 0 bridgehead atoms. The summed E-state index contributed by atoms with van der Waals surface area (Å²) in [5, 5.41) is 2.60. The lowest BCUT2D eigenvalue weighted by molar-refractivity contribution is -0.112. The van der Waals surface area contributed by atoms with E-state index in [-0.39, 0.29) is 0 Å². The fraction of sp³-hybridized carbons (Fsp3) is 0.143. The zero-order valence-electron chi connectivity index (χ0n) is 10.3. The van der Waals surface area contributed by atoms with Gasteiger partial charge in [0.15, 0.2) is 0 Å². The summed E-state index contributed by atoms with van der Waals surface area (Å²) < 4.78 is 1.62. The van der Waals surface area contributed by atoms with Crippen LogP contribution in [-0.2, 0) is 11.8 Å². The van der Waals surface area contributed by atoms with Gasteiger partial charge in [-0.15, -0.1) is 0 Å². The minimum absolute atomic E-state index is 0.375. The average molecular weight is 242 g/mol. The maximum Gasteiger partial charge on any atom is 0.298 e. The Labute approximate surface area is 105 Å². The lowest BCUT2D eigenvalue weighted by Gasteiger charge is -2.05. The minimum atomic E-state index is -0.623. The molecule has 0 spiro atoms. The van der Waals surface area contributed by atoms with Crippen LogP contribution in [0.3, 0.4) is 0 Å². The number of rotatable bonds is 3. The second-order valence-corrected chi connectivity index (χ2v) is 4.16. The molecule has 1 aromatic carbocycles. The number of ketones is 1. The van der Waals surface area contributed by atoms with Crippen LogP contribution in [0.5, 0.6) is 0 Å². The Morgan fingerprint density at radius 1 is 1.17 bits per heavy atom. The van der Waals surface area contributed by atoms with Gasteiger partial charge in [0, 0.05) is 18.9 Å². The fourth-order valence-corrected chi connectivity index (χ4v) is 1.72. The predicted octanol–water partition coefficient (Wildman–Crippen LogP) is 2.15. The molecule has 0 saturated heterocycles. The van der Waals surface area contributed by atoms with E-state index in [2.05, 4.69) is 5.32 Å². The Morgan fingerprint density at radius 3 is 2.56 bits per heavy atom. The molecule has 0 unspecified atom stereocenters. The number of hydrogen-bond acceptors (Lipinski definition) is 2. The number of aromatic nitrogens is 1. The van der Waals surface area contributed by atoms with Crippen LogP contribution in [0.15, 0.2) is 42.6 Å². The number of nitrogens with zero attached hydrogens (tertiary/aromatic N) is 1. The van der Waals surface area contributed by atoms with E-state index >= 15 is 0 Å². The molecule has 2 aromatic rings. The molecule has 0 fully saturated rings. The van der Waals surface area contributed by atoms with Crippen LogP contribution >= 0.6 is 0 Å². The molecule has 2 rings (SSSR count). The van der Waals surface area contributed by atoms with Gasteiger partial charge < -0.3 is 9.88 Å². The highest BCUT2D eigenvalue weighted by Gasteiger charge is 2.18. The highest BCUT2D eigenvalue weighted by atomic mass is 16.2. The van der Waals surface area contributed by atoms with Crippen molar-refractivity contribution in [3.05, 3.63) is 53.9 Å². The summed E-state index contributed by atoms with van der Waals surface area (Å²) >= 11 is 0. The summed E-state index contributed by atoms with van der Waals surface area (Å²) in [6.07, 6.45) is 1.73. The normalized spacial score (nSPS) is 10.1. The van der Waals surface area contributed by atoms with E-state index in [1.165, 1.54) is 0 Å². The van der Waals surface area contributed by atoms with E-state index in [9.17, 15) is 9.59 Å². The zero-order valence-corrected chi connectivity index (χ0v) is 10.3. The molecule has 4 heteroatoms. The van der Waals surface area contributed by atoms with Crippen LogP contribution < -0.4 is 5.32 Å². The molecule has 0 saturated carbocycles. The number of hydrogen-bond donors (Lipinski definition) is 1. The lowest BCUT2D eigenvalue weighted by atomic mass is 10.2. The first-order chi connectivity index (χ1) is 8.58. The molecule has 0 aliphatic rings. The number of benzene rings is 1. The monoisotopic (exact) mass is 242 g/mol. The molecule has 4 nitrogen and oxygen atoms in total.